The van der Waals surface area contributed by atoms with Gasteiger partial charge in [0.1, 0.15) is 6.10 Å². The monoisotopic (exact) mass is 244 g/mol. The third-order valence-corrected chi connectivity index (χ3v) is 1.97. The summed E-state index contributed by atoms with van der Waals surface area (Å²) in [6, 6.07) is 0. The van der Waals surface area contributed by atoms with Gasteiger partial charge in [-0.2, -0.15) is 0 Å². The molecule has 2 atom stereocenters. The van der Waals surface area contributed by atoms with Gasteiger partial charge in [-0.05, 0) is 27.2 Å². The summed E-state index contributed by atoms with van der Waals surface area (Å²) in [7, 11) is 0. The molecule has 0 spiro atoms. The molecule has 0 aliphatic rings. The summed E-state index contributed by atoms with van der Waals surface area (Å²) in [5.74, 6) is -0.379. The topological polar surface area (TPSA) is 44.8 Å². The van der Waals surface area contributed by atoms with Crippen LogP contribution in [0.25, 0.3) is 0 Å². The molecule has 4 heteroatoms. The zero-order chi connectivity index (χ0) is 13.3. The fraction of sp³-hybridized carbons (Fsp3) is 0.769. The SMILES string of the molecule is C=C(C)C(=O)OC(C)COC(C)COCCC. The Morgan fingerprint density at radius 1 is 1.24 bits per heavy atom. The van der Waals surface area contributed by atoms with Crippen molar-refractivity contribution in [1.29, 1.82) is 0 Å². The normalized spacial score (nSPS) is 14.1. The van der Waals surface area contributed by atoms with Crippen molar-refractivity contribution >= 4 is 5.97 Å². The van der Waals surface area contributed by atoms with Gasteiger partial charge < -0.3 is 14.2 Å². The summed E-state index contributed by atoms with van der Waals surface area (Å²) in [6.07, 6.45) is 0.736. The molecule has 0 aromatic heterocycles. The fourth-order valence-electron chi connectivity index (χ4n) is 1.06. The van der Waals surface area contributed by atoms with Crippen LogP contribution in [-0.2, 0) is 19.0 Å². The van der Waals surface area contributed by atoms with Gasteiger partial charge in [-0.1, -0.05) is 13.5 Å². The minimum absolute atomic E-state index is 0.00697. The second-order valence-corrected chi connectivity index (χ2v) is 4.22. The molecule has 0 heterocycles. The first-order valence-corrected chi connectivity index (χ1v) is 6.03. The fourth-order valence-corrected chi connectivity index (χ4v) is 1.06. The highest BCUT2D eigenvalue weighted by Crippen LogP contribution is 2.01. The van der Waals surface area contributed by atoms with Gasteiger partial charge in [0.2, 0.25) is 0 Å². The average molecular weight is 244 g/mol. The summed E-state index contributed by atoms with van der Waals surface area (Å²) in [6.45, 7) is 12.6. The molecule has 17 heavy (non-hydrogen) atoms. The van der Waals surface area contributed by atoms with Crippen LogP contribution in [0.5, 0.6) is 0 Å². The molecular formula is C13H24O4. The van der Waals surface area contributed by atoms with Crippen molar-refractivity contribution in [3.63, 3.8) is 0 Å². The first-order valence-electron chi connectivity index (χ1n) is 6.03. The van der Waals surface area contributed by atoms with E-state index in [1.54, 1.807) is 13.8 Å². The van der Waals surface area contributed by atoms with Crippen LogP contribution in [0.3, 0.4) is 0 Å². The van der Waals surface area contributed by atoms with Crippen LogP contribution in [0.4, 0.5) is 0 Å². The van der Waals surface area contributed by atoms with Crippen molar-refractivity contribution in [1.82, 2.24) is 0 Å². The van der Waals surface area contributed by atoms with Gasteiger partial charge in [0.15, 0.2) is 0 Å². The van der Waals surface area contributed by atoms with Crippen molar-refractivity contribution in [2.75, 3.05) is 19.8 Å². The Kier molecular flexibility index (Phi) is 8.72. The van der Waals surface area contributed by atoms with E-state index in [0.29, 0.717) is 18.8 Å². The number of carbonyl (C=O) groups excluding carboxylic acids is 1. The molecular weight excluding hydrogens is 220 g/mol. The number of carbonyl (C=O) groups is 1. The lowest BCUT2D eigenvalue weighted by atomic mass is 10.3. The molecule has 4 nitrogen and oxygen atoms in total. The van der Waals surface area contributed by atoms with E-state index >= 15 is 0 Å². The minimum Gasteiger partial charge on any atom is -0.457 e. The van der Waals surface area contributed by atoms with E-state index in [1.807, 2.05) is 6.92 Å². The van der Waals surface area contributed by atoms with Crippen molar-refractivity contribution < 1.29 is 19.0 Å². The van der Waals surface area contributed by atoms with Crippen LogP contribution in [0.2, 0.25) is 0 Å². The maximum atomic E-state index is 11.2. The predicted molar refractivity (Wildman–Crippen MR) is 66.9 cm³/mol. The lowest BCUT2D eigenvalue weighted by Gasteiger charge is -2.17. The maximum absolute atomic E-state index is 11.2. The molecule has 0 N–H and O–H groups in total. The Labute approximate surface area is 104 Å². The Hall–Kier alpha value is -0.870. The zero-order valence-electron chi connectivity index (χ0n) is 11.3. The van der Waals surface area contributed by atoms with Gasteiger partial charge in [0, 0.05) is 12.2 Å². The highest BCUT2D eigenvalue weighted by atomic mass is 16.6. The molecule has 0 aromatic rings. The average Bonchev–Trinajstić information content (AvgIpc) is 2.26. The van der Waals surface area contributed by atoms with Gasteiger partial charge in [0.25, 0.3) is 0 Å². The van der Waals surface area contributed by atoms with E-state index in [-0.39, 0.29) is 18.2 Å². The first-order chi connectivity index (χ1) is 7.97. The molecule has 0 aliphatic carbocycles. The Balaban J connectivity index is 3.65. The van der Waals surface area contributed by atoms with E-state index in [1.165, 1.54) is 0 Å². The van der Waals surface area contributed by atoms with Gasteiger partial charge in [-0.15, -0.1) is 0 Å². The number of esters is 1. The van der Waals surface area contributed by atoms with Gasteiger partial charge in [-0.3, -0.25) is 0 Å². The standard InChI is InChI=1S/C13H24O4/c1-6-7-15-8-11(4)16-9-12(5)17-13(14)10(2)3/h11-12H,2,6-9H2,1,3-5H3. The maximum Gasteiger partial charge on any atom is 0.333 e. The summed E-state index contributed by atoms with van der Waals surface area (Å²) in [5, 5.41) is 0. The zero-order valence-corrected chi connectivity index (χ0v) is 11.3. The molecule has 2 unspecified atom stereocenters. The van der Waals surface area contributed by atoms with Crippen molar-refractivity contribution in [3.05, 3.63) is 12.2 Å². The van der Waals surface area contributed by atoms with Crippen LogP contribution in [0.1, 0.15) is 34.1 Å². The number of hydrogen-bond acceptors (Lipinski definition) is 4. The molecule has 0 amide bonds. The van der Waals surface area contributed by atoms with Crippen LogP contribution in [-0.4, -0.2) is 38.0 Å². The lowest BCUT2D eigenvalue weighted by Crippen LogP contribution is -2.25. The molecule has 0 aromatic carbocycles. The van der Waals surface area contributed by atoms with Crippen LogP contribution >= 0.6 is 0 Å². The van der Waals surface area contributed by atoms with E-state index in [4.69, 9.17) is 14.2 Å². The van der Waals surface area contributed by atoms with Crippen molar-refractivity contribution in [2.24, 2.45) is 0 Å². The molecule has 0 radical (unpaired) electrons. The van der Waals surface area contributed by atoms with E-state index in [0.717, 1.165) is 13.0 Å². The summed E-state index contributed by atoms with van der Waals surface area (Å²) in [5.41, 5.74) is 0.399. The third-order valence-electron chi connectivity index (χ3n) is 1.97. The molecule has 0 fully saturated rings. The van der Waals surface area contributed by atoms with Crippen LogP contribution < -0.4 is 0 Å². The van der Waals surface area contributed by atoms with Crippen LogP contribution in [0, 0.1) is 0 Å². The predicted octanol–water partition coefficient (Wildman–Crippen LogP) is 2.33. The molecule has 0 aliphatic heterocycles. The minimum atomic E-state index is -0.379. The first kappa shape index (κ1) is 16.1. The molecule has 100 valence electrons. The molecule has 0 bridgehead atoms. The Bertz CT molecular complexity index is 238. The second-order valence-electron chi connectivity index (χ2n) is 4.22. The van der Waals surface area contributed by atoms with Gasteiger partial charge >= 0.3 is 5.97 Å². The van der Waals surface area contributed by atoms with Gasteiger partial charge in [-0.25, -0.2) is 4.79 Å². The van der Waals surface area contributed by atoms with E-state index < -0.39 is 0 Å². The van der Waals surface area contributed by atoms with Crippen molar-refractivity contribution in [3.8, 4) is 0 Å². The van der Waals surface area contributed by atoms with Crippen molar-refractivity contribution in [2.45, 2.75) is 46.3 Å². The summed E-state index contributed by atoms with van der Waals surface area (Å²) < 4.78 is 15.9. The third kappa shape index (κ3) is 8.89. The quantitative estimate of drug-likeness (QED) is 0.355. The highest BCUT2D eigenvalue weighted by Gasteiger charge is 2.11. The second kappa shape index (κ2) is 9.19. The Morgan fingerprint density at radius 3 is 2.41 bits per heavy atom. The largest absolute Gasteiger partial charge is 0.457 e. The number of rotatable bonds is 9. The Morgan fingerprint density at radius 2 is 1.88 bits per heavy atom. The number of ether oxygens (including phenoxy) is 3. The summed E-state index contributed by atoms with van der Waals surface area (Å²) in [4.78, 5) is 11.2. The highest BCUT2D eigenvalue weighted by molar-refractivity contribution is 5.87. The lowest BCUT2D eigenvalue weighted by molar-refractivity contribution is -0.147. The molecule has 0 saturated carbocycles. The van der Waals surface area contributed by atoms with Gasteiger partial charge in [0.05, 0.1) is 19.3 Å². The van der Waals surface area contributed by atoms with Crippen LogP contribution in [0.15, 0.2) is 12.2 Å². The smallest absolute Gasteiger partial charge is 0.333 e. The van der Waals surface area contributed by atoms with E-state index in [2.05, 4.69) is 13.5 Å². The van der Waals surface area contributed by atoms with E-state index in [9.17, 15) is 4.79 Å². The molecule has 0 saturated heterocycles. The summed E-state index contributed by atoms with van der Waals surface area (Å²) >= 11 is 0. The molecule has 0 rings (SSSR count). The number of hydrogen-bond donors (Lipinski definition) is 0.